The van der Waals surface area contributed by atoms with Crippen LogP contribution < -0.4 is 11.1 Å². The summed E-state index contributed by atoms with van der Waals surface area (Å²) in [6.07, 6.45) is 0.820. The van der Waals surface area contributed by atoms with Gasteiger partial charge in [-0.25, -0.2) is 4.39 Å². The van der Waals surface area contributed by atoms with E-state index in [2.05, 4.69) is 24.4 Å². The summed E-state index contributed by atoms with van der Waals surface area (Å²) in [7, 11) is 0. The van der Waals surface area contributed by atoms with Crippen LogP contribution in [0, 0.1) is 5.82 Å². The molecule has 2 aromatic carbocycles. The highest BCUT2D eigenvalue weighted by molar-refractivity contribution is 5.95. The number of hydrogen-bond donors (Lipinski definition) is 2. The van der Waals surface area contributed by atoms with Crippen molar-refractivity contribution in [3.05, 3.63) is 65.5 Å². The van der Waals surface area contributed by atoms with Gasteiger partial charge in [0.15, 0.2) is 0 Å². The third-order valence-corrected chi connectivity index (χ3v) is 3.41. The van der Waals surface area contributed by atoms with E-state index in [1.54, 1.807) is 0 Å². The molecule has 2 aromatic rings. The van der Waals surface area contributed by atoms with Gasteiger partial charge < -0.3 is 11.1 Å². The van der Waals surface area contributed by atoms with Gasteiger partial charge in [-0.2, -0.15) is 0 Å². The van der Waals surface area contributed by atoms with Crippen LogP contribution in [0.4, 0.5) is 10.1 Å². The predicted molar refractivity (Wildman–Crippen MR) is 82.6 cm³/mol. The molecule has 4 heteroatoms. The van der Waals surface area contributed by atoms with Crippen molar-refractivity contribution in [2.45, 2.75) is 19.3 Å². The van der Waals surface area contributed by atoms with Gasteiger partial charge in [-0.15, -0.1) is 0 Å². The molecule has 1 atom stereocenters. The maximum absolute atomic E-state index is 13.2. The van der Waals surface area contributed by atoms with Crippen molar-refractivity contribution in [3.63, 3.8) is 0 Å². The minimum absolute atomic E-state index is 0.248. The molecule has 3 N–H and O–H groups in total. The van der Waals surface area contributed by atoms with Gasteiger partial charge in [0.1, 0.15) is 5.82 Å². The van der Waals surface area contributed by atoms with Gasteiger partial charge in [0, 0.05) is 17.8 Å². The molecule has 0 saturated heterocycles. The van der Waals surface area contributed by atoms with Crippen LogP contribution in [-0.4, -0.2) is 12.5 Å². The quantitative estimate of drug-likeness (QED) is 0.828. The van der Waals surface area contributed by atoms with E-state index < -0.39 is 5.82 Å². The summed E-state index contributed by atoms with van der Waals surface area (Å²) in [6, 6.07) is 14.0. The van der Waals surface area contributed by atoms with E-state index in [1.165, 1.54) is 23.8 Å². The lowest BCUT2D eigenvalue weighted by Crippen LogP contribution is -2.25. The molecule has 0 saturated carbocycles. The molecule has 0 radical (unpaired) electrons. The van der Waals surface area contributed by atoms with Crippen LogP contribution in [-0.2, 0) is 0 Å². The van der Waals surface area contributed by atoms with Crippen molar-refractivity contribution in [2.24, 2.45) is 0 Å². The normalized spacial score (nSPS) is 11.9. The second-order valence-electron chi connectivity index (χ2n) is 5.13. The molecule has 1 amide bonds. The fraction of sp³-hybridized carbons (Fsp3) is 0.235. The first kappa shape index (κ1) is 15.0. The third kappa shape index (κ3) is 4.31. The first-order valence-electron chi connectivity index (χ1n) is 6.95. The molecule has 2 rings (SSSR count). The maximum Gasteiger partial charge on any atom is 0.251 e. The highest BCUT2D eigenvalue weighted by atomic mass is 19.1. The average Bonchev–Trinajstić information content (AvgIpc) is 2.47. The van der Waals surface area contributed by atoms with Gasteiger partial charge in [0.25, 0.3) is 5.91 Å². The van der Waals surface area contributed by atoms with Crippen molar-refractivity contribution < 1.29 is 9.18 Å². The lowest BCUT2D eigenvalue weighted by atomic mass is 9.98. The van der Waals surface area contributed by atoms with Gasteiger partial charge in [-0.05, 0) is 36.1 Å². The predicted octanol–water partition coefficient (Wildman–Crippen LogP) is 3.33. The molecular weight excluding hydrogens is 267 g/mol. The van der Waals surface area contributed by atoms with E-state index in [4.69, 9.17) is 5.73 Å². The number of nitrogens with one attached hydrogen (secondary N) is 1. The van der Waals surface area contributed by atoms with Crippen LogP contribution in [0.15, 0.2) is 48.5 Å². The lowest BCUT2D eigenvalue weighted by molar-refractivity contribution is 0.0952. The largest absolute Gasteiger partial charge is 0.399 e. The van der Waals surface area contributed by atoms with Crippen LogP contribution in [0.2, 0.25) is 0 Å². The molecule has 0 heterocycles. The molecule has 0 aliphatic heterocycles. The zero-order valence-corrected chi connectivity index (χ0v) is 12.0. The Balaban J connectivity index is 1.87. The Labute approximate surface area is 124 Å². The molecule has 0 fully saturated rings. The number of amides is 1. The zero-order valence-electron chi connectivity index (χ0n) is 12.0. The van der Waals surface area contributed by atoms with E-state index in [0.717, 1.165) is 6.42 Å². The minimum atomic E-state index is -0.502. The van der Waals surface area contributed by atoms with Crippen molar-refractivity contribution in [1.29, 1.82) is 0 Å². The number of carbonyl (C=O) groups is 1. The first-order valence-corrected chi connectivity index (χ1v) is 6.95. The second-order valence-corrected chi connectivity index (χ2v) is 5.13. The zero-order chi connectivity index (χ0) is 15.2. The Bertz CT molecular complexity index is 593. The van der Waals surface area contributed by atoms with Crippen molar-refractivity contribution in [3.8, 4) is 0 Å². The molecule has 0 spiro atoms. The minimum Gasteiger partial charge on any atom is -0.399 e. The Kier molecular flexibility index (Phi) is 4.93. The fourth-order valence-corrected chi connectivity index (χ4v) is 2.20. The van der Waals surface area contributed by atoms with Crippen molar-refractivity contribution >= 4 is 11.6 Å². The molecule has 0 aliphatic carbocycles. The first-order chi connectivity index (χ1) is 10.1. The maximum atomic E-state index is 13.2. The molecule has 0 aliphatic rings. The number of carbonyl (C=O) groups excluding carboxylic acids is 1. The van der Waals surface area contributed by atoms with Gasteiger partial charge >= 0.3 is 0 Å². The Morgan fingerprint density at radius 3 is 2.62 bits per heavy atom. The highest BCUT2D eigenvalue weighted by Crippen LogP contribution is 2.17. The summed E-state index contributed by atoms with van der Waals surface area (Å²) in [5.74, 6) is -0.455. The number of anilines is 1. The summed E-state index contributed by atoms with van der Waals surface area (Å²) >= 11 is 0. The van der Waals surface area contributed by atoms with Crippen molar-refractivity contribution in [2.75, 3.05) is 12.3 Å². The Morgan fingerprint density at radius 1 is 1.24 bits per heavy atom. The topological polar surface area (TPSA) is 55.1 Å². The molecule has 0 bridgehead atoms. The summed E-state index contributed by atoms with van der Waals surface area (Å²) < 4.78 is 13.2. The SMILES string of the molecule is CC(CCNC(=O)c1cc(N)cc(F)c1)c1ccccc1. The molecule has 1 unspecified atom stereocenters. The van der Waals surface area contributed by atoms with E-state index >= 15 is 0 Å². The molecule has 21 heavy (non-hydrogen) atoms. The van der Waals surface area contributed by atoms with Gasteiger partial charge in [0.2, 0.25) is 0 Å². The van der Waals surface area contributed by atoms with E-state index in [0.29, 0.717) is 12.5 Å². The Morgan fingerprint density at radius 2 is 1.95 bits per heavy atom. The van der Waals surface area contributed by atoms with Gasteiger partial charge in [-0.1, -0.05) is 37.3 Å². The highest BCUT2D eigenvalue weighted by Gasteiger charge is 2.09. The average molecular weight is 286 g/mol. The number of halogens is 1. The molecule has 110 valence electrons. The monoisotopic (exact) mass is 286 g/mol. The summed E-state index contributed by atoms with van der Waals surface area (Å²) in [4.78, 5) is 11.9. The van der Waals surface area contributed by atoms with E-state index in [9.17, 15) is 9.18 Å². The summed E-state index contributed by atoms with van der Waals surface area (Å²) in [5.41, 5.74) is 7.27. The summed E-state index contributed by atoms with van der Waals surface area (Å²) in [5, 5.41) is 2.79. The number of rotatable bonds is 5. The van der Waals surface area contributed by atoms with Crippen molar-refractivity contribution in [1.82, 2.24) is 5.32 Å². The van der Waals surface area contributed by atoms with Gasteiger partial charge in [-0.3, -0.25) is 4.79 Å². The second kappa shape index (κ2) is 6.88. The van der Waals surface area contributed by atoms with Crippen LogP contribution in [0.25, 0.3) is 0 Å². The molecular formula is C17H19FN2O. The lowest BCUT2D eigenvalue weighted by Gasteiger charge is -2.12. The number of hydrogen-bond acceptors (Lipinski definition) is 2. The van der Waals surface area contributed by atoms with E-state index in [1.807, 2.05) is 18.2 Å². The standard InChI is InChI=1S/C17H19FN2O/c1-12(13-5-3-2-4-6-13)7-8-20-17(21)14-9-15(18)11-16(19)10-14/h2-6,9-12H,7-8,19H2,1H3,(H,20,21). The Hall–Kier alpha value is -2.36. The number of nitrogen functional groups attached to an aromatic ring is 1. The van der Waals surface area contributed by atoms with Crippen LogP contribution in [0.3, 0.4) is 0 Å². The summed E-state index contributed by atoms with van der Waals surface area (Å²) in [6.45, 7) is 2.65. The third-order valence-electron chi connectivity index (χ3n) is 3.41. The van der Waals surface area contributed by atoms with Crippen LogP contribution in [0.1, 0.15) is 35.2 Å². The van der Waals surface area contributed by atoms with Gasteiger partial charge in [0.05, 0.1) is 0 Å². The fourth-order valence-electron chi connectivity index (χ4n) is 2.20. The molecule has 0 aromatic heterocycles. The van der Waals surface area contributed by atoms with Crippen LogP contribution >= 0.6 is 0 Å². The number of nitrogens with two attached hydrogens (primary N) is 1. The number of benzene rings is 2. The molecule has 3 nitrogen and oxygen atoms in total. The smallest absolute Gasteiger partial charge is 0.251 e. The van der Waals surface area contributed by atoms with Crippen LogP contribution in [0.5, 0.6) is 0 Å². The van der Waals surface area contributed by atoms with E-state index in [-0.39, 0.29) is 17.2 Å².